The molecular formula is C9H18F3N. The fourth-order valence-corrected chi connectivity index (χ4v) is 1.15. The molecule has 1 unspecified atom stereocenters. The van der Waals surface area contributed by atoms with Crippen LogP contribution in [0.5, 0.6) is 0 Å². The number of nitrogens with zero attached hydrogens (tertiary/aromatic N) is 1. The van der Waals surface area contributed by atoms with Gasteiger partial charge < -0.3 is 0 Å². The lowest BCUT2D eigenvalue weighted by atomic mass is 10.1. The van der Waals surface area contributed by atoms with E-state index in [0.717, 1.165) is 0 Å². The van der Waals surface area contributed by atoms with E-state index in [-0.39, 0.29) is 12.5 Å². The van der Waals surface area contributed by atoms with Crippen molar-refractivity contribution in [2.75, 3.05) is 6.54 Å². The van der Waals surface area contributed by atoms with Gasteiger partial charge in [0.15, 0.2) is 0 Å². The summed E-state index contributed by atoms with van der Waals surface area (Å²) in [6.07, 6.45) is -3.67. The summed E-state index contributed by atoms with van der Waals surface area (Å²) < 4.78 is 37.3. The van der Waals surface area contributed by atoms with Gasteiger partial charge in [-0.2, -0.15) is 13.2 Å². The molecular weight excluding hydrogens is 179 g/mol. The first-order valence-electron chi connectivity index (χ1n) is 4.62. The summed E-state index contributed by atoms with van der Waals surface area (Å²) in [6, 6.07) is -0.428. The van der Waals surface area contributed by atoms with Crippen LogP contribution in [0.2, 0.25) is 0 Å². The van der Waals surface area contributed by atoms with Gasteiger partial charge in [-0.3, -0.25) is 0 Å². The van der Waals surface area contributed by atoms with Crippen molar-refractivity contribution in [2.45, 2.75) is 46.5 Å². The summed E-state index contributed by atoms with van der Waals surface area (Å²) in [5.41, 5.74) is 0. The Kier molecular flexibility index (Phi) is 4.75. The maximum atomic E-state index is 12.4. The molecule has 0 radical (unpaired) electrons. The molecule has 1 nitrogen and oxygen atoms in total. The van der Waals surface area contributed by atoms with Crippen LogP contribution < -0.4 is 0 Å². The summed E-state index contributed by atoms with van der Waals surface area (Å²) in [5.74, 6) is 0.0376. The summed E-state index contributed by atoms with van der Waals surface area (Å²) in [4.78, 5) is 0.609. The summed E-state index contributed by atoms with van der Waals surface area (Å²) >= 11 is 0. The molecule has 0 aliphatic heterocycles. The third kappa shape index (κ3) is 4.50. The van der Waals surface area contributed by atoms with Gasteiger partial charge in [0.05, 0.1) is 0 Å². The molecule has 4 heteroatoms. The van der Waals surface area contributed by atoms with Gasteiger partial charge in [0.2, 0.25) is 0 Å². The molecule has 0 aliphatic carbocycles. The van der Waals surface area contributed by atoms with Crippen molar-refractivity contribution < 1.29 is 13.2 Å². The third-order valence-electron chi connectivity index (χ3n) is 2.01. The number of hydrogen-bond acceptors (Lipinski definition) is 1. The maximum absolute atomic E-state index is 12.4. The van der Waals surface area contributed by atoms with E-state index < -0.39 is 12.3 Å². The number of rotatable bonds is 4. The van der Waals surface area contributed by atoms with Gasteiger partial charge in [-0.1, -0.05) is 20.8 Å². The summed E-state index contributed by atoms with van der Waals surface area (Å²) in [7, 11) is 0. The molecule has 0 saturated carbocycles. The van der Waals surface area contributed by atoms with E-state index in [4.69, 9.17) is 0 Å². The van der Waals surface area contributed by atoms with Crippen LogP contribution in [0.25, 0.3) is 0 Å². The van der Waals surface area contributed by atoms with Crippen LogP contribution in [-0.2, 0) is 0 Å². The van der Waals surface area contributed by atoms with E-state index in [9.17, 15) is 13.2 Å². The Balaban J connectivity index is 4.37. The molecule has 0 saturated heterocycles. The van der Waals surface area contributed by atoms with Crippen molar-refractivity contribution in [3.05, 3.63) is 0 Å². The third-order valence-corrected chi connectivity index (χ3v) is 2.01. The molecule has 13 heavy (non-hydrogen) atoms. The number of halogens is 3. The molecule has 0 spiro atoms. The van der Waals surface area contributed by atoms with Crippen LogP contribution in [0.1, 0.15) is 34.1 Å². The summed E-state index contributed by atoms with van der Waals surface area (Å²) in [5, 5.41) is 0. The molecule has 0 bridgehead atoms. The van der Waals surface area contributed by atoms with Crippen molar-refractivity contribution in [1.82, 2.24) is 4.90 Å². The van der Waals surface area contributed by atoms with Crippen molar-refractivity contribution >= 4 is 0 Å². The normalized spacial score (nSPS) is 15.5. The second kappa shape index (κ2) is 4.84. The van der Waals surface area contributed by atoms with Crippen molar-refractivity contribution in [1.29, 1.82) is 0 Å². The molecule has 1 atom stereocenters. The van der Waals surface area contributed by atoms with Crippen LogP contribution in [0.3, 0.4) is 0 Å². The lowest BCUT2D eigenvalue weighted by molar-refractivity contribution is -0.259. The zero-order chi connectivity index (χ0) is 10.6. The van der Waals surface area contributed by atoms with Crippen LogP contribution in [0.15, 0.2) is 0 Å². The Morgan fingerprint density at radius 1 is 1.15 bits per heavy atom. The molecule has 0 heterocycles. The van der Waals surface area contributed by atoms with E-state index in [1.54, 1.807) is 27.7 Å². The van der Waals surface area contributed by atoms with E-state index >= 15 is 0 Å². The zero-order valence-electron chi connectivity index (χ0n) is 8.65. The topological polar surface area (TPSA) is 3.24 Å². The Morgan fingerprint density at radius 2 is 1.62 bits per heavy atom. The van der Waals surface area contributed by atoms with Gasteiger partial charge in [-0.05, 0) is 19.3 Å². The van der Waals surface area contributed by atoms with Crippen LogP contribution in [-0.4, -0.2) is 23.8 Å². The van der Waals surface area contributed by atoms with E-state index in [1.807, 2.05) is 0 Å². The molecule has 0 N–H and O–H groups in total. The number of alkyl halides is 3. The van der Waals surface area contributed by atoms with Gasteiger partial charge in [0.1, 0.15) is 0 Å². The largest absolute Gasteiger partial charge is 0.460 e. The Labute approximate surface area is 77.9 Å². The van der Waals surface area contributed by atoms with Gasteiger partial charge in [-0.25, -0.2) is 4.90 Å². The molecule has 80 valence electrons. The summed E-state index contributed by atoms with van der Waals surface area (Å²) in [6.45, 7) is 7.04. The molecule has 0 aromatic carbocycles. The van der Waals surface area contributed by atoms with E-state index in [0.29, 0.717) is 11.3 Å². The predicted octanol–water partition coefficient (Wildman–Crippen LogP) is 3.26. The van der Waals surface area contributed by atoms with Gasteiger partial charge >= 0.3 is 6.30 Å². The van der Waals surface area contributed by atoms with Gasteiger partial charge in [0, 0.05) is 12.6 Å². The smallest absolute Gasteiger partial charge is 0.211 e. The average Bonchev–Trinajstić information content (AvgIpc) is 1.96. The standard InChI is InChI=1S/C9H18F3N/c1-5-8(4)13(6-7(2)3)9(10,11)12/h7-8H,5-6H2,1-4H3. The molecule has 0 amide bonds. The molecule has 0 aliphatic rings. The van der Waals surface area contributed by atoms with Crippen LogP contribution >= 0.6 is 0 Å². The predicted molar refractivity (Wildman–Crippen MR) is 47.4 cm³/mol. The monoisotopic (exact) mass is 197 g/mol. The molecule has 0 aromatic heterocycles. The first kappa shape index (κ1) is 12.8. The van der Waals surface area contributed by atoms with Crippen molar-refractivity contribution in [3.63, 3.8) is 0 Å². The lowest BCUT2D eigenvalue weighted by Gasteiger charge is -2.31. The van der Waals surface area contributed by atoms with E-state index in [1.165, 1.54) is 0 Å². The average molecular weight is 197 g/mol. The van der Waals surface area contributed by atoms with Gasteiger partial charge in [-0.15, -0.1) is 0 Å². The fourth-order valence-electron chi connectivity index (χ4n) is 1.15. The Morgan fingerprint density at radius 3 is 1.85 bits per heavy atom. The minimum absolute atomic E-state index is 0.0376. The maximum Gasteiger partial charge on any atom is 0.460 e. The Bertz CT molecular complexity index is 142. The SMILES string of the molecule is CCC(C)N(CC(C)C)C(F)(F)F. The van der Waals surface area contributed by atoms with E-state index in [2.05, 4.69) is 0 Å². The highest BCUT2D eigenvalue weighted by Crippen LogP contribution is 2.25. The van der Waals surface area contributed by atoms with Crippen molar-refractivity contribution in [2.24, 2.45) is 5.92 Å². The first-order chi connectivity index (χ1) is 5.79. The van der Waals surface area contributed by atoms with Gasteiger partial charge in [0.25, 0.3) is 0 Å². The highest BCUT2D eigenvalue weighted by molar-refractivity contribution is 4.69. The zero-order valence-corrected chi connectivity index (χ0v) is 8.65. The first-order valence-corrected chi connectivity index (χ1v) is 4.62. The van der Waals surface area contributed by atoms with Crippen LogP contribution in [0, 0.1) is 5.92 Å². The minimum Gasteiger partial charge on any atom is -0.211 e. The highest BCUT2D eigenvalue weighted by Gasteiger charge is 2.39. The lowest BCUT2D eigenvalue weighted by Crippen LogP contribution is -2.45. The quantitative estimate of drug-likeness (QED) is 0.625. The number of hydrogen-bond donors (Lipinski definition) is 0. The van der Waals surface area contributed by atoms with Crippen molar-refractivity contribution in [3.8, 4) is 0 Å². The Hall–Kier alpha value is -0.250. The highest BCUT2D eigenvalue weighted by atomic mass is 19.4. The second-order valence-corrected chi connectivity index (χ2v) is 3.77. The minimum atomic E-state index is -4.19. The molecule has 0 rings (SSSR count). The molecule has 0 aromatic rings. The molecule has 0 fully saturated rings. The fraction of sp³-hybridized carbons (Fsp3) is 1.00. The van der Waals surface area contributed by atoms with Crippen LogP contribution in [0.4, 0.5) is 13.2 Å². The second-order valence-electron chi connectivity index (χ2n) is 3.77.